The first-order chi connectivity index (χ1) is 25.8. The van der Waals surface area contributed by atoms with Crippen molar-refractivity contribution in [2.24, 2.45) is 17.8 Å². The molecule has 8 atom stereocenters. The summed E-state index contributed by atoms with van der Waals surface area (Å²) in [6, 6.07) is 7.90. The Kier molecular flexibility index (Phi) is 17.7. The number of nitrogens with zero attached hydrogens (tertiary/aromatic N) is 1. The maximum absolute atomic E-state index is 13.6. The van der Waals surface area contributed by atoms with Crippen LogP contribution in [-0.2, 0) is 39.0 Å². The molecule has 1 aliphatic rings. The average Bonchev–Trinajstić information content (AvgIpc) is 3.78. The summed E-state index contributed by atoms with van der Waals surface area (Å²) in [6.45, 7) is 42.9. The maximum atomic E-state index is 13.6. The minimum atomic E-state index is -2.49. The summed E-state index contributed by atoms with van der Waals surface area (Å²) in [5.74, 6) is -0.603. The van der Waals surface area contributed by atoms with Crippen molar-refractivity contribution in [2.45, 2.75) is 174 Å². The van der Waals surface area contributed by atoms with E-state index in [4.69, 9.17) is 32.3 Å². The van der Waals surface area contributed by atoms with Crippen molar-refractivity contribution in [3.05, 3.63) is 42.5 Å². The molecule has 1 amide bonds. The molecule has 2 rings (SSSR count). The second-order valence-corrected chi connectivity index (χ2v) is 35.4. The zero-order valence-electron chi connectivity index (χ0n) is 39.6. The Morgan fingerprint density at radius 1 is 0.895 bits per heavy atom. The highest BCUT2D eigenvalue weighted by Crippen LogP contribution is 2.52. The van der Waals surface area contributed by atoms with Gasteiger partial charge in [-0.25, -0.2) is 5.06 Å². The fourth-order valence-electron chi connectivity index (χ4n) is 6.34. The third-order valence-corrected chi connectivity index (χ3v) is 27.1. The number of hydrogen-bond donors (Lipinski definition) is 1. The van der Waals surface area contributed by atoms with Gasteiger partial charge >= 0.3 is 0 Å². The molecule has 1 aromatic carbocycles. The maximum Gasteiger partial charge on any atom is 0.248 e. The molecule has 1 saturated heterocycles. The molecule has 1 unspecified atom stereocenters. The van der Waals surface area contributed by atoms with Crippen molar-refractivity contribution in [3.63, 3.8) is 0 Å². The molecule has 0 bridgehead atoms. The van der Waals surface area contributed by atoms with Crippen LogP contribution in [0.25, 0.3) is 0 Å². The summed E-state index contributed by atoms with van der Waals surface area (Å²) in [4.78, 5) is 18.9. The van der Waals surface area contributed by atoms with Crippen LogP contribution in [-0.4, -0.2) is 106 Å². The number of epoxide rings is 1. The van der Waals surface area contributed by atoms with Crippen molar-refractivity contribution in [1.82, 2.24) is 5.06 Å². The van der Waals surface area contributed by atoms with Crippen LogP contribution >= 0.6 is 0 Å². The van der Waals surface area contributed by atoms with Gasteiger partial charge in [0.15, 0.2) is 25.0 Å². The lowest BCUT2D eigenvalue weighted by atomic mass is 9.78. The number of aliphatic hydroxyl groups excluding tert-OH is 1. The number of carbonyl (C=O) groups excluding carboxylic acids is 1. The number of benzene rings is 1. The highest BCUT2D eigenvalue weighted by molar-refractivity contribution is 6.75. The summed E-state index contributed by atoms with van der Waals surface area (Å²) in [7, 11) is -2.54. The normalized spacial score (nSPS) is 21.6. The Hall–Kier alpha value is -1.40. The fraction of sp³-hybridized carbons (Fsp3) is 0.795. The quantitative estimate of drug-likeness (QED) is 0.0528. The lowest BCUT2D eigenvalue weighted by Gasteiger charge is -2.47. The molecule has 0 aliphatic carbocycles. The zero-order chi connectivity index (χ0) is 44.2. The Labute approximate surface area is 351 Å². The van der Waals surface area contributed by atoms with E-state index in [1.54, 1.807) is 20.2 Å². The predicted molar refractivity (Wildman–Crippen MR) is 240 cm³/mol. The van der Waals surface area contributed by atoms with Gasteiger partial charge in [-0.15, -0.1) is 6.58 Å². The van der Waals surface area contributed by atoms with Gasteiger partial charge in [0.1, 0.15) is 11.4 Å². The van der Waals surface area contributed by atoms with Crippen LogP contribution in [0.4, 0.5) is 0 Å². The third kappa shape index (κ3) is 13.3. The summed E-state index contributed by atoms with van der Waals surface area (Å²) < 4.78 is 39.9. The Bertz CT molecular complexity index is 1430. The molecular weight excluding hydrogens is 771 g/mol. The van der Waals surface area contributed by atoms with Crippen LogP contribution in [0.5, 0.6) is 5.75 Å². The number of methoxy groups -OCH3 is 1. The molecule has 0 radical (unpaired) electrons. The minimum absolute atomic E-state index is 0.00707. The lowest BCUT2D eigenvalue weighted by Crippen LogP contribution is -2.57. The van der Waals surface area contributed by atoms with Gasteiger partial charge in [0.2, 0.25) is 5.91 Å². The zero-order valence-corrected chi connectivity index (χ0v) is 42.6. The van der Waals surface area contributed by atoms with Gasteiger partial charge < -0.3 is 32.6 Å². The number of ether oxygens (including phenoxy) is 3. The van der Waals surface area contributed by atoms with Crippen LogP contribution in [0.2, 0.25) is 54.4 Å². The Balaban J connectivity index is 2.70. The van der Waals surface area contributed by atoms with Crippen molar-refractivity contribution in [3.8, 4) is 5.75 Å². The number of aliphatic hydroxyl groups is 1. The molecule has 330 valence electrons. The van der Waals surface area contributed by atoms with Gasteiger partial charge in [0.25, 0.3) is 0 Å². The second-order valence-electron chi connectivity index (χ2n) is 21.1. The van der Waals surface area contributed by atoms with E-state index >= 15 is 0 Å². The minimum Gasteiger partial charge on any atom is -0.497 e. The predicted octanol–water partition coefficient (Wildman–Crippen LogP) is 10.00. The standard InChI is InChI=1S/C44H83NO9Si3/c1-22-34(36(27-37(46)45(13)49-15)53-56(18,19)42(6,7)8)38(47)35(30-51-55(16,17)41(3,4)5)40(54-57(20,21)43(9,10)11)44(12)39(52-44)31(2)28-50-29-32-23-25-33(48-14)26-24-32/h22-26,31,34-36,38-40,47H,1,27-30H2,2-21H3/t31-,34-,35-,36-,38+,39+,40-,44?/m0/s1. The van der Waals surface area contributed by atoms with Gasteiger partial charge in [0, 0.05) is 31.4 Å². The molecule has 0 aromatic heterocycles. The van der Waals surface area contributed by atoms with Crippen molar-refractivity contribution < 1.29 is 42.2 Å². The fourth-order valence-corrected chi connectivity index (χ4v) is 10.1. The first kappa shape index (κ1) is 51.7. The van der Waals surface area contributed by atoms with Crippen molar-refractivity contribution in [1.29, 1.82) is 0 Å². The van der Waals surface area contributed by atoms with Gasteiger partial charge in [-0.05, 0) is 79.0 Å². The average molecular weight is 854 g/mol. The SMILES string of the molecule is C=C[C@H]([C@@H](O)[C@H](CO[Si](C)(C)C(C)(C)C)[C@H](O[Si](C)(C)C(C)(C)C)C1(C)O[C@@H]1[C@@H](C)COCc1ccc(OC)cc1)[C@H](CC(=O)N(C)OC)O[Si](C)(C)C(C)(C)C. The smallest absolute Gasteiger partial charge is 0.248 e. The molecule has 0 saturated carbocycles. The monoisotopic (exact) mass is 854 g/mol. The largest absolute Gasteiger partial charge is 0.497 e. The molecule has 10 nitrogen and oxygen atoms in total. The number of carbonyl (C=O) groups is 1. The molecular formula is C44H83NO9Si3. The van der Waals surface area contributed by atoms with Gasteiger partial charge in [-0.3, -0.25) is 9.63 Å². The Morgan fingerprint density at radius 3 is 1.86 bits per heavy atom. The van der Waals surface area contributed by atoms with E-state index in [9.17, 15) is 9.90 Å². The van der Waals surface area contributed by atoms with Crippen LogP contribution < -0.4 is 4.74 Å². The molecule has 1 N–H and O–H groups in total. The number of hydroxylamine groups is 2. The van der Waals surface area contributed by atoms with Crippen LogP contribution in [0.3, 0.4) is 0 Å². The van der Waals surface area contributed by atoms with E-state index in [-0.39, 0.29) is 46.1 Å². The van der Waals surface area contributed by atoms with Crippen LogP contribution in [0.15, 0.2) is 36.9 Å². The summed E-state index contributed by atoms with van der Waals surface area (Å²) in [5, 5.41) is 13.9. The highest BCUT2D eigenvalue weighted by atomic mass is 28.4. The molecule has 1 aliphatic heterocycles. The van der Waals surface area contributed by atoms with Crippen molar-refractivity contribution >= 4 is 30.9 Å². The molecule has 13 heteroatoms. The van der Waals surface area contributed by atoms with E-state index < -0.39 is 60.7 Å². The first-order valence-corrected chi connectivity index (χ1v) is 29.5. The number of amides is 1. The van der Waals surface area contributed by atoms with Gasteiger partial charge in [-0.1, -0.05) is 87.4 Å². The Morgan fingerprint density at radius 2 is 1.40 bits per heavy atom. The summed E-state index contributed by atoms with van der Waals surface area (Å²) >= 11 is 0. The van der Waals surface area contributed by atoms with E-state index in [0.717, 1.165) is 11.3 Å². The van der Waals surface area contributed by atoms with Gasteiger partial charge in [0.05, 0.1) is 58.3 Å². The van der Waals surface area contributed by atoms with Crippen LogP contribution in [0.1, 0.15) is 88.1 Å². The number of rotatable bonds is 22. The number of hydrogen-bond acceptors (Lipinski definition) is 9. The summed E-state index contributed by atoms with van der Waals surface area (Å²) in [6.07, 6.45) is -0.714. The third-order valence-electron chi connectivity index (χ3n) is 13.6. The van der Waals surface area contributed by atoms with E-state index in [1.807, 2.05) is 24.3 Å². The first-order valence-electron chi connectivity index (χ1n) is 20.8. The second kappa shape index (κ2) is 19.5. The van der Waals surface area contributed by atoms with E-state index in [1.165, 1.54) is 12.2 Å². The molecule has 1 aromatic rings. The highest BCUT2D eigenvalue weighted by Gasteiger charge is 2.65. The topological polar surface area (TPSA) is 108 Å². The molecule has 1 heterocycles. The van der Waals surface area contributed by atoms with Gasteiger partial charge in [-0.2, -0.15) is 0 Å². The van der Waals surface area contributed by atoms with Crippen molar-refractivity contribution in [2.75, 3.05) is 34.5 Å². The molecule has 1 fully saturated rings. The molecule has 0 spiro atoms. The lowest BCUT2D eigenvalue weighted by molar-refractivity contribution is -0.171. The summed E-state index contributed by atoms with van der Waals surface area (Å²) in [5.41, 5.74) is 0.307. The van der Waals surface area contributed by atoms with Crippen LogP contribution in [0, 0.1) is 17.8 Å². The molecule has 57 heavy (non-hydrogen) atoms. The van der Waals surface area contributed by atoms with E-state index in [2.05, 4.69) is 122 Å². The van der Waals surface area contributed by atoms with E-state index in [0.29, 0.717) is 13.2 Å².